The summed E-state index contributed by atoms with van der Waals surface area (Å²) >= 11 is 3.02. The molecule has 2 aromatic rings. The van der Waals surface area contributed by atoms with E-state index in [4.69, 9.17) is 5.73 Å². The summed E-state index contributed by atoms with van der Waals surface area (Å²) in [5.74, 6) is 0. The monoisotopic (exact) mass is 183 g/mol. The smallest absolute Gasteiger partial charge is 0.180 e. The second-order valence-corrected chi connectivity index (χ2v) is 3.71. The van der Waals surface area contributed by atoms with E-state index in [0.29, 0.717) is 5.13 Å². The largest absolute Gasteiger partial charge is 0.375 e. The molecule has 0 unspecified atom stereocenters. The van der Waals surface area contributed by atoms with Crippen molar-refractivity contribution >= 4 is 27.8 Å². The number of nitrogens with two attached hydrogens (primary N) is 1. The SMILES string of the molecule is Nc1nc(-c2cncs2)cs1. The van der Waals surface area contributed by atoms with E-state index < -0.39 is 0 Å². The van der Waals surface area contributed by atoms with Crippen molar-refractivity contribution in [3.05, 3.63) is 17.1 Å². The minimum Gasteiger partial charge on any atom is -0.375 e. The summed E-state index contributed by atoms with van der Waals surface area (Å²) < 4.78 is 0. The zero-order valence-electron chi connectivity index (χ0n) is 5.52. The fraction of sp³-hybridized carbons (Fsp3) is 0. The third-order valence-corrected chi connectivity index (χ3v) is 2.68. The average molecular weight is 183 g/mol. The van der Waals surface area contributed by atoms with Crippen molar-refractivity contribution in [1.82, 2.24) is 9.97 Å². The fourth-order valence-corrected chi connectivity index (χ4v) is 1.96. The van der Waals surface area contributed by atoms with Gasteiger partial charge in [-0.05, 0) is 0 Å². The normalized spacial score (nSPS) is 10.2. The minimum absolute atomic E-state index is 0.605. The molecule has 0 aliphatic carbocycles. The highest BCUT2D eigenvalue weighted by atomic mass is 32.1. The number of hydrogen-bond donors (Lipinski definition) is 1. The fourth-order valence-electron chi connectivity index (χ4n) is 0.743. The topological polar surface area (TPSA) is 51.8 Å². The number of aromatic nitrogens is 2. The van der Waals surface area contributed by atoms with Gasteiger partial charge in [0, 0.05) is 11.6 Å². The zero-order valence-corrected chi connectivity index (χ0v) is 7.15. The molecule has 0 amide bonds. The molecule has 0 spiro atoms. The van der Waals surface area contributed by atoms with Gasteiger partial charge in [-0.2, -0.15) is 0 Å². The van der Waals surface area contributed by atoms with Crippen molar-refractivity contribution in [3.8, 4) is 10.6 Å². The summed E-state index contributed by atoms with van der Waals surface area (Å²) in [7, 11) is 0. The van der Waals surface area contributed by atoms with E-state index in [2.05, 4.69) is 9.97 Å². The summed E-state index contributed by atoms with van der Waals surface area (Å²) in [4.78, 5) is 9.14. The van der Waals surface area contributed by atoms with Crippen molar-refractivity contribution in [3.63, 3.8) is 0 Å². The first-order chi connectivity index (χ1) is 5.36. The molecule has 0 aromatic carbocycles. The zero-order chi connectivity index (χ0) is 7.68. The van der Waals surface area contributed by atoms with Gasteiger partial charge < -0.3 is 5.73 Å². The van der Waals surface area contributed by atoms with E-state index in [0.717, 1.165) is 10.6 Å². The van der Waals surface area contributed by atoms with Crippen LogP contribution >= 0.6 is 22.7 Å². The summed E-state index contributed by atoms with van der Waals surface area (Å²) in [6, 6.07) is 0. The van der Waals surface area contributed by atoms with Gasteiger partial charge in [-0.3, -0.25) is 4.98 Å². The maximum Gasteiger partial charge on any atom is 0.180 e. The van der Waals surface area contributed by atoms with Gasteiger partial charge in [0.25, 0.3) is 0 Å². The third kappa shape index (κ3) is 1.24. The molecule has 2 rings (SSSR count). The molecule has 2 heterocycles. The van der Waals surface area contributed by atoms with E-state index in [1.165, 1.54) is 11.3 Å². The Morgan fingerprint density at radius 2 is 2.27 bits per heavy atom. The first-order valence-electron chi connectivity index (χ1n) is 2.96. The van der Waals surface area contributed by atoms with Crippen LogP contribution in [0.15, 0.2) is 17.1 Å². The van der Waals surface area contributed by atoms with Gasteiger partial charge in [-0.1, -0.05) is 0 Å². The van der Waals surface area contributed by atoms with E-state index in [9.17, 15) is 0 Å². The third-order valence-electron chi connectivity index (χ3n) is 1.21. The number of thiazole rings is 2. The van der Waals surface area contributed by atoms with Gasteiger partial charge >= 0.3 is 0 Å². The second-order valence-electron chi connectivity index (χ2n) is 1.94. The van der Waals surface area contributed by atoms with Crippen LogP contribution in [0.25, 0.3) is 10.6 Å². The van der Waals surface area contributed by atoms with Crippen molar-refractivity contribution in [2.24, 2.45) is 0 Å². The summed E-state index contributed by atoms with van der Waals surface area (Å²) in [5, 5.41) is 2.54. The highest BCUT2D eigenvalue weighted by Gasteiger charge is 2.02. The van der Waals surface area contributed by atoms with Gasteiger partial charge in [0.1, 0.15) is 0 Å². The van der Waals surface area contributed by atoms with Crippen molar-refractivity contribution < 1.29 is 0 Å². The molecule has 56 valence electrons. The molecule has 0 bridgehead atoms. The van der Waals surface area contributed by atoms with Crippen LogP contribution in [-0.4, -0.2) is 9.97 Å². The first kappa shape index (κ1) is 6.75. The Bertz CT molecular complexity index is 338. The Morgan fingerprint density at radius 1 is 1.36 bits per heavy atom. The molecule has 2 aromatic heterocycles. The van der Waals surface area contributed by atoms with E-state index in [1.807, 2.05) is 5.38 Å². The van der Waals surface area contributed by atoms with Crippen LogP contribution in [-0.2, 0) is 0 Å². The average Bonchev–Trinajstić information content (AvgIpc) is 2.55. The molecule has 0 aliphatic rings. The summed E-state index contributed by atoms with van der Waals surface area (Å²) in [5.41, 5.74) is 8.18. The minimum atomic E-state index is 0.605. The van der Waals surface area contributed by atoms with Crippen LogP contribution in [0.2, 0.25) is 0 Å². The van der Waals surface area contributed by atoms with Crippen molar-refractivity contribution in [1.29, 1.82) is 0 Å². The molecule has 0 aliphatic heterocycles. The molecule has 0 saturated carbocycles. The van der Waals surface area contributed by atoms with Crippen LogP contribution in [0, 0.1) is 0 Å². The van der Waals surface area contributed by atoms with Crippen LogP contribution in [0.5, 0.6) is 0 Å². The van der Waals surface area contributed by atoms with Gasteiger partial charge in [-0.25, -0.2) is 4.98 Å². The lowest BCUT2D eigenvalue weighted by molar-refractivity contribution is 1.39. The van der Waals surface area contributed by atoms with E-state index in [-0.39, 0.29) is 0 Å². The molecule has 0 saturated heterocycles. The maximum atomic E-state index is 5.48. The van der Waals surface area contributed by atoms with Crippen LogP contribution in [0.3, 0.4) is 0 Å². The predicted octanol–water partition coefficient (Wildman–Crippen LogP) is 1.85. The number of anilines is 1. The number of rotatable bonds is 1. The maximum absolute atomic E-state index is 5.48. The number of nitrogen functional groups attached to an aromatic ring is 1. The Hall–Kier alpha value is -0.940. The Morgan fingerprint density at radius 3 is 2.82 bits per heavy atom. The first-order valence-corrected chi connectivity index (χ1v) is 4.72. The van der Waals surface area contributed by atoms with Crippen molar-refractivity contribution in [2.75, 3.05) is 5.73 Å². The molecule has 11 heavy (non-hydrogen) atoms. The molecule has 5 heteroatoms. The Balaban J connectivity index is 2.45. The van der Waals surface area contributed by atoms with Gasteiger partial charge in [-0.15, -0.1) is 22.7 Å². The van der Waals surface area contributed by atoms with Crippen LogP contribution < -0.4 is 5.73 Å². The van der Waals surface area contributed by atoms with Crippen molar-refractivity contribution in [2.45, 2.75) is 0 Å². The standard InChI is InChI=1S/C6H5N3S2/c7-6-9-4(2-10-6)5-1-8-3-11-5/h1-3H,(H2,7,9). The lowest BCUT2D eigenvalue weighted by atomic mass is 10.4. The Kier molecular flexibility index (Phi) is 1.59. The summed E-state index contributed by atoms with van der Waals surface area (Å²) in [6.45, 7) is 0. The van der Waals surface area contributed by atoms with Crippen LogP contribution in [0.4, 0.5) is 5.13 Å². The van der Waals surface area contributed by atoms with E-state index >= 15 is 0 Å². The van der Waals surface area contributed by atoms with Gasteiger partial charge in [0.05, 0.1) is 16.1 Å². The molecule has 0 fully saturated rings. The second kappa shape index (κ2) is 2.60. The van der Waals surface area contributed by atoms with Crippen LogP contribution in [0.1, 0.15) is 0 Å². The van der Waals surface area contributed by atoms with Gasteiger partial charge in [0.15, 0.2) is 5.13 Å². The Labute approximate surface area is 71.5 Å². The molecular formula is C6H5N3S2. The molecule has 2 N–H and O–H groups in total. The highest BCUT2D eigenvalue weighted by molar-refractivity contribution is 7.15. The number of nitrogens with zero attached hydrogens (tertiary/aromatic N) is 2. The van der Waals surface area contributed by atoms with E-state index in [1.54, 1.807) is 23.0 Å². The summed E-state index contributed by atoms with van der Waals surface area (Å²) in [6.07, 6.45) is 1.79. The molecule has 3 nitrogen and oxygen atoms in total. The van der Waals surface area contributed by atoms with Gasteiger partial charge in [0.2, 0.25) is 0 Å². The number of hydrogen-bond acceptors (Lipinski definition) is 5. The molecule has 0 radical (unpaired) electrons. The quantitative estimate of drug-likeness (QED) is 0.734. The molecular weight excluding hydrogens is 178 g/mol. The lowest BCUT2D eigenvalue weighted by Crippen LogP contribution is -1.80. The lowest BCUT2D eigenvalue weighted by Gasteiger charge is -1.83. The predicted molar refractivity (Wildman–Crippen MR) is 47.6 cm³/mol. The highest BCUT2D eigenvalue weighted by Crippen LogP contribution is 2.25. The molecule has 0 atom stereocenters.